The van der Waals surface area contributed by atoms with Crippen LogP contribution in [0, 0.1) is 5.92 Å². The normalized spacial score (nSPS) is 24.8. The molecule has 11 nitrogen and oxygen atoms in total. The van der Waals surface area contributed by atoms with Gasteiger partial charge in [0.2, 0.25) is 11.8 Å². The van der Waals surface area contributed by atoms with Gasteiger partial charge in [0.1, 0.15) is 36.4 Å². The van der Waals surface area contributed by atoms with E-state index in [1.165, 1.54) is 26.0 Å². The van der Waals surface area contributed by atoms with Crippen molar-refractivity contribution in [3.05, 3.63) is 35.9 Å². The number of benzene rings is 1. The van der Waals surface area contributed by atoms with Crippen LogP contribution in [0.15, 0.2) is 30.3 Å². The summed E-state index contributed by atoms with van der Waals surface area (Å²) in [7, 11) is 2.51. The molecule has 0 aliphatic carbocycles. The van der Waals surface area contributed by atoms with Crippen LogP contribution in [0.3, 0.4) is 0 Å². The van der Waals surface area contributed by atoms with E-state index in [0.717, 1.165) is 18.4 Å². The Hall–Kier alpha value is -2.57. The molecule has 0 radical (unpaired) electrons. The van der Waals surface area contributed by atoms with Crippen LogP contribution in [0.4, 0.5) is 0 Å². The van der Waals surface area contributed by atoms with Crippen LogP contribution in [0.1, 0.15) is 45.1 Å². The SMILES string of the molecule is CCCC(C(=O)N[C@@H](C)C(=O)OC)C(=O)N(CCCCc1ccccc1)C[C@H]1O[C@H](OC)[C@H](O)[C@@H](O)[C@@H]1O. The number of rotatable bonds is 14. The van der Waals surface area contributed by atoms with Crippen molar-refractivity contribution >= 4 is 17.8 Å². The Bertz CT molecular complexity index is 883. The zero-order valence-electron chi connectivity index (χ0n) is 22.6. The smallest absolute Gasteiger partial charge is 0.328 e. The number of hydrogen-bond acceptors (Lipinski definition) is 9. The number of ether oxygens (including phenoxy) is 3. The van der Waals surface area contributed by atoms with E-state index in [0.29, 0.717) is 12.8 Å². The maximum Gasteiger partial charge on any atom is 0.328 e. The third kappa shape index (κ3) is 8.74. The summed E-state index contributed by atoms with van der Waals surface area (Å²) in [6, 6.07) is 8.98. The number of hydrogen-bond donors (Lipinski definition) is 4. The predicted molar refractivity (Wildman–Crippen MR) is 138 cm³/mol. The molecule has 0 aromatic heterocycles. The maximum absolute atomic E-state index is 13.7. The summed E-state index contributed by atoms with van der Waals surface area (Å²) in [5.74, 6) is -2.78. The topological polar surface area (TPSA) is 155 Å². The van der Waals surface area contributed by atoms with Crippen LogP contribution in [-0.4, -0.2) is 102 Å². The highest BCUT2D eigenvalue weighted by molar-refractivity contribution is 6.01. The molecule has 1 fully saturated rings. The van der Waals surface area contributed by atoms with E-state index in [1.807, 2.05) is 37.3 Å². The molecular weight excluding hydrogens is 496 g/mol. The first-order chi connectivity index (χ1) is 18.1. The summed E-state index contributed by atoms with van der Waals surface area (Å²) in [5.41, 5.74) is 1.16. The number of nitrogens with zero attached hydrogens (tertiary/aromatic N) is 1. The van der Waals surface area contributed by atoms with Crippen LogP contribution in [-0.2, 0) is 35.0 Å². The second-order valence-corrected chi connectivity index (χ2v) is 9.57. The van der Waals surface area contributed by atoms with Gasteiger partial charge in [-0.05, 0) is 38.2 Å². The van der Waals surface area contributed by atoms with Gasteiger partial charge in [-0.25, -0.2) is 4.79 Å². The van der Waals surface area contributed by atoms with E-state index in [4.69, 9.17) is 9.47 Å². The lowest BCUT2D eigenvalue weighted by Gasteiger charge is -2.41. The molecule has 1 aliphatic heterocycles. The Morgan fingerprint density at radius 3 is 2.34 bits per heavy atom. The Morgan fingerprint density at radius 2 is 1.74 bits per heavy atom. The highest BCUT2D eigenvalue weighted by Gasteiger charge is 2.45. The summed E-state index contributed by atoms with van der Waals surface area (Å²) in [4.78, 5) is 40.0. The Morgan fingerprint density at radius 1 is 1.05 bits per heavy atom. The molecule has 2 rings (SSSR count). The summed E-state index contributed by atoms with van der Waals surface area (Å²) in [6.07, 6.45) is -3.75. The summed E-state index contributed by atoms with van der Waals surface area (Å²) < 4.78 is 15.4. The fraction of sp³-hybridized carbons (Fsp3) is 0.667. The third-order valence-electron chi connectivity index (χ3n) is 6.70. The van der Waals surface area contributed by atoms with E-state index >= 15 is 0 Å². The molecule has 1 aromatic rings. The minimum Gasteiger partial charge on any atom is -0.467 e. The molecule has 38 heavy (non-hydrogen) atoms. The van der Waals surface area contributed by atoms with Gasteiger partial charge < -0.3 is 39.7 Å². The molecule has 0 saturated carbocycles. The number of nitrogens with one attached hydrogen (secondary N) is 1. The monoisotopic (exact) mass is 538 g/mol. The van der Waals surface area contributed by atoms with Gasteiger partial charge in [-0.15, -0.1) is 0 Å². The molecule has 7 atom stereocenters. The van der Waals surface area contributed by atoms with Crippen molar-refractivity contribution in [3.8, 4) is 0 Å². The van der Waals surface area contributed by atoms with Crippen molar-refractivity contribution in [2.24, 2.45) is 5.92 Å². The van der Waals surface area contributed by atoms with E-state index in [1.54, 1.807) is 0 Å². The summed E-state index contributed by atoms with van der Waals surface area (Å²) in [5, 5.41) is 33.5. The molecule has 11 heteroatoms. The fourth-order valence-corrected chi connectivity index (χ4v) is 4.47. The molecule has 1 aromatic carbocycles. The van der Waals surface area contributed by atoms with Gasteiger partial charge in [0, 0.05) is 20.2 Å². The lowest BCUT2D eigenvalue weighted by Crippen LogP contribution is -2.61. The number of methoxy groups -OCH3 is 2. The number of aliphatic hydroxyl groups excluding tert-OH is 3. The van der Waals surface area contributed by atoms with Gasteiger partial charge in [0.25, 0.3) is 0 Å². The standard InChI is InChI=1S/C27H42N2O9/c1-5-11-19(24(33)28-17(2)26(35)36-3)25(34)29(15-10-9-14-18-12-7-6-8-13-18)16-20-21(30)22(31)23(32)27(37-4)38-20/h6-8,12-13,17,19-23,27,30-32H,5,9-11,14-16H2,1-4H3,(H,28,33)/t17-,19?,20+,21+,22-,23+,27-/m0/s1. The highest BCUT2D eigenvalue weighted by atomic mass is 16.7. The van der Waals surface area contributed by atoms with E-state index in [2.05, 4.69) is 10.1 Å². The number of amides is 2. The van der Waals surface area contributed by atoms with E-state index in [9.17, 15) is 29.7 Å². The van der Waals surface area contributed by atoms with Gasteiger partial charge in [-0.3, -0.25) is 9.59 Å². The van der Waals surface area contributed by atoms with Crippen molar-refractivity contribution in [3.63, 3.8) is 0 Å². The zero-order chi connectivity index (χ0) is 28.2. The van der Waals surface area contributed by atoms with Crippen molar-refractivity contribution in [2.45, 2.75) is 82.7 Å². The van der Waals surface area contributed by atoms with Gasteiger partial charge >= 0.3 is 5.97 Å². The van der Waals surface area contributed by atoms with Gasteiger partial charge in [-0.2, -0.15) is 0 Å². The molecule has 1 heterocycles. The maximum atomic E-state index is 13.7. The van der Waals surface area contributed by atoms with Crippen molar-refractivity contribution in [1.82, 2.24) is 10.2 Å². The second-order valence-electron chi connectivity index (χ2n) is 9.57. The second kappa shape index (κ2) is 15.7. The summed E-state index contributed by atoms with van der Waals surface area (Å²) in [6.45, 7) is 3.46. The molecule has 1 unspecified atom stereocenters. The summed E-state index contributed by atoms with van der Waals surface area (Å²) >= 11 is 0. The number of aliphatic hydroxyl groups is 3. The van der Waals surface area contributed by atoms with E-state index in [-0.39, 0.29) is 19.5 Å². The van der Waals surface area contributed by atoms with Gasteiger partial charge in [0.15, 0.2) is 6.29 Å². The number of carbonyl (C=O) groups is 3. The van der Waals surface area contributed by atoms with E-state index < -0.39 is 60.4 Å². The van der Waals surface area contributed by atoms with Crippen molar-refractivity contribution in [2.75, 3.05) is 27.3 Å². The molecule has 1 aliphatic rings. The minimum absolute atomic E-state index is 0.130. The number of carbonyl (C=O) groups excluding carboxylic acids is 3. The predicted octanol–water partition coefficient (Wildman–Crippen LogP) is 0.386. The first kappa shape index (κ1) is 31.6. The average Bonchev–Trinajstić information content (AvgIpc) is 2.92. The lowest BCUT2D eigenvalue weighted by molar-refractivity contribution is -0.291. The van der Waals surface area contributed by atoms with Crippen molar-refractivity contribution < 1.29 is 43.9 Å². The Kier molecular flexibility index (Phi) is 13.1. The highest BCUT2D eigenvalue weighted by Crippen LogP contribution is 2.24. The van der Waals surface area contributed by atoms with Crippen LogP contribution in [0.25, 0.3) is 0 Å². The van der Waals surface area contributed by atoms with Gasteiger partial charge in [0.05, 0.1) is 7.11 Å². The lowest BCUT2D eigenvalue weighted by atomic mass is 9.96. The largest absolute Gasteiger partial charge is 0.467 e. The fourth-order valence-electron chi connectivity index (χ4n) is 4.47. The molecule has 214 valence electrons. The van der Waals surface area contributed by atoms with Gasteiger partial charge in [-0.1, -0.05) is 43.7 Å². The first-order valence-electron chi connectivity index (χ1n) is 13.1. The molecule has 0 bridgehead atoms. The minimum atomic E-state index is -1.54. The van der Waals surface area contributed by atoms with Crippen LogP contribution >= 0.6 is 0 Å². The molecule has 1 saturated heterocycles. The molecular formula is C27H42N2O9. The molecule has 2 amide bonds. The quantitative estimate of drug-likeness (QED) is 0.150. The van der Waals surface area contributed by atoms with Crippen LogP contribution in [0.5, 0.6) is 0 Å². The van der Waals surface area contributed by atoms with Crippen LogP contribution in [0.2, 0.25) is 0 Å². The zero-order valence-corrected chi connectivity index (χ0v) is 22.6. The molecule has 4 N–H and O–H groups in total. The van der Waals surface area contributed by atoms with Crippen molar-refractivity contribution in [1.29, 1.82) is 0 Å². The first-order valence-corrected chi connectivity index (χ1v) is 13.1. The number of aryl methyl sites for hydroxylation is 1. The number of esters is 1. The Balaban J connectivity index is 2.20. The average molecular weight is 539 g/mol. The van der Waals surface area contributed by atoms with Crippen LogP contribution < -0.4 is 5.32 Å². The Labute approximate surface area is 224 Å². The number of unbranched alkanes of at least 4 members (excludes halogenated alkanes) is 1. The third-order valence-corrected chi connectivity index (χ3v) is 6.70. The molecule has 0 spiro atoms.